The summed E-state index contributed by atoms with van der Waals surface area (Å²) in [6.45, 7) is 0. The van der Waals surface area contributed by atoms with E-state index < -0.39 is 0 Å². The lowest BCUT2D eigenvalue weighted by atomic mass is 10.0. The first kappa shape index (κ1) is 25.8. The Morgan fingerprint density at radius 2 is 0.841 bits per heavy atom. The molecule has 0 saturated carbocycles. The summed E-state index contributed by atoms with van der Waals surface area (Å²) in [5.74, 6) is 0. The maximum Gasteiger partial charge on any atom is 0.0541 e. The van der Waals surface area contributed by atoms with Crippen molar-refractivity contribution in [1.29, 1.82) is 0 Å². The average molecular weight is 563 g/mol. The Balaban J connectivity index is 1.23. The highest BCUT2D eigenvalue weighted by atomic mass is 15.1. The molecular formula is C42H30N2. The zero-order valence-electron chi connectivity index (χ0n) is 24.2. The molecule has 0 N–H and O–H groups in total. The normalized spacial score (nSPS) is 11.2. The van der Waals surface area contributed by atoms with Crippen LogP contribution in [0.1, 0.15) is 0 Å². The number of para-hydroxylation sites is 3. The lowest BCUT2D eigenvalue weighted by Crippen LogP contribution is -2.09. The van der Waals surface area contributed by atoms with Gasteiger partial charge in [0.1, 0.15) is 0 Å². The van der Waals surface area contributed by atoms with E-state index in [1.54, 1.807) is 0 Å². The lowest BCUT2D eigenvalue weighted by Gasteiger charge is -2.26. The van der Waals surface area contributed by atoms with Crippen LogP contribution in [0.2, 0.25) is 0 Å². The van der Waals surface area contributed by atoms with Crippen molar-refractivity contribution in [2.75, 3.05) is 4.90 Å². The SMILES string of the molecule is c1ccc(-c2ccc(N(c3ccccc3)c3cccc(-c4ccc5c(c4)c4ccccc4n5-c4ccccc4)c3)cc2)cc1. The molecule has 0 aliphatic carbocycles. The minimum absolute atomic E-state index is 1.12. The Bertz CT molecular complexity index is 2200. The van der Waals surface area contributed by atoms with Crippen molar-refractivity contribution in [2.45, 2.75) is 0 Å². The molecule has 2 heteroatoms. The van der Waals surface area contributed by atoms with Gasteiger partial charge in [-0.1, -0.05) is 115 Å². The van der Waals surface area contributed by atoms with Crippen LogP contribution in [0, 0.1) is 0 Å². The number of anilines is 3. The Kier molecular flexibility index (Phi) is 6.51. The third kappa shape index (κ3) is 4.63. The summed E-state index contributed by atoms with van der Waals surface area (Å²) in [6, 6.07) is 65.0. The molecule has 8 aromatic rings. The molecule has 0 amide bonds. The molecule has 44 heavy (non-hydrogen) atoms. The topological polar surface area (TPSA) is 8.17 Å². The molecule has 0 fully saturated rings. The van der Waals surface area contributed by atoms with Crippen molar-refractivity contribution in [3.63, 3.8) is 0 Å². The van der Waals surface area contributed by atoms with Crippen LogP contribution in [0.4, 0.5) is 17.1 Å². The van der Waals surface area contributed by atoms with Gasteiger partial charge in [-0.3, -0.25) is 0 Å². The number of hydrogen-bond acceptors (Lipinski definition) is 1. The van der Waals surface area contributed by atoms with Crippen molar-refractivity contribution in [3.05, 3.63) is 182 Å². The molecule has 0 aliphatic rings. The predicted octanol–water partition coefficient (Wildman–Crippen LogP) is 11.6. The quantitative estimate of drug-likeness (QED) is 0.196. The fraction of sp³-hybridized carbons (Fsp3) is 0. The van der Waals surface area contributed by atoms with Gasteiger partial charge in [0, 0.05) is 33.5 Å². The summed E-state index contributed by atoms with van der Waals surface area (Å²) in [4.78, 5) is 2.33. The number of benzene rings is 7. The lowest BCUT2D eigenvalue weighted by molar-refractivity contribution is 1.18. The smallest absolute Gasteiger partial charge is 0.0541 e. The van der Waals surface area contributed by atoms with Crippen molar-refractivity contribution in [3.8, 4) is 27.9 Å². The van der Waals surface area contributed by atoms with Crippen LogP contribution in [-0.2, 0) is 0 Å². The van der Waals surface area contributed by atoms with Gasteiger partial charge in [0.25, 0.3) is 0 Å². The molecule has 0 saturated heterocycles. The van der Waals surface area contributed by atoms with Crippen LogP contribution in [0.3, 0.4) is 0 Å². The Hall–Kier alpha value is -5.86. The van der Waals surface area contributed by atoms with Crippen LogP contribution < -0.4 is 4.90 Å². The fourth-order valence-corrected chi connectivity index (χ4v) is 6.29. The second-order valence-corrected chi connectivity index (χ2v) is 11.1. The summed E-state index contributed by atoms with van der Waals surface area (Å²) in [5, 5.41) is 2.51. The van der Waals surface area contributed by atoms with Crippen LogP contribution >= 0.6 is 0 Å². The first-order valence-corrected chi connectivity index (χ1v) is 15.0. The average Bonchev–Trinajstić information content (AvgIpc) is 3.44. The summed E-state index contributed by atoms with van der Waals surface area (Å²) in [6.07, 6.45) is 0. The van der Waals surface area contributed by atoms with Gasteiger partial charge < -0.3 is 9.47 Å². The maximum absolute atomic E-state index is 2.36. The third-order valence-electron chi connectivity index (χ3n) is 8.37. The van der Waals surface area contributed by atoms with Crippen LogP contribution in [0.15, 0.2) is 182 Å². The Morgan fingerprint density at radius 3 is 1.61 bits per heavy atom. The van der Waals surface area contributed by atoms with Crippen molar-refractivity contribution >= 4 is 38.9 Å². The van der Waals surface area contributed by atoms with Crippen LogP contribution in [0.25, 0.3) is 49.7 Å². The molecular weight excluding hydrogens is 532 g/mol. The zero-order valence-corrected chi connectivity index (χ0v) is 24.2. The van der Waals surface area contributed by atoms with E-state index >= 15 is 0 Å². The summed E-state index contributed by atoms with van der Waals surface area (Å²) >= 11 is 0. The van der Waals surface area contributed by atoms with E-state index in [1.165, 1.54) is 49.7 Å². The van der Waals surface area contributed by atoms with Gasteiger partial charge in [-0.15, -0.1) is 0 Å². The van der Waals surface area contributed by atoms with Gasteiger partial charge in [0.2, 0.25) is 0 Å². The molecule has 1 heterocycles. The van der Waals surface area contributed by atoms with Gasteiger partial charge in [-0.05, 0) is 89.0 Å². The molecule has 0 unspecified atom stereocenters. The van der Waals surface area contributed by atoms with E-state index in [0.717, 1.165) is 17.1 Å². The molecule has 0 aliphatic heterocycles. The van der Waals surface area contributed by atoms with Crippen molar-refractivity contribution in [1.82, 2.24) is 4.57 Å². The first-order valence-electron chi connectivity index (χ1n) is 15.0. The number of rotatable bonds is 6. The standard InChI is InChI=1S/C42H30N2/c1-4-13-31(14-5-1)32-23-26-37(27-24-32)43(35-16-6-2-7-17-35)38-20-12-15-33(29-38)34-25-28-42-40(30-34)39-21-10-11-22-41(39)44(42)36-18-8-3-9-19-36/h1-30H. The number of nitrogens with zero attached hydrogens (tertiary/aromatic N) is 2. The minimum atomic E-state index is 1.12. The van der Waals surface area contributed by atoms with E-state index in [9.17, 15) is 0 Å². The number of hydrogen-bond donors (Lipinski definition) is 0. The first-order chi connectivity index (χ1) is 21.8. The zero-order chi connectivity index (χ0) is 29.3. The number of aromatic nitrogens is 1. The summed E-state index contributed by atoms with van der Waals surface area (Å²) in [5.41, 5.74) is 11.8. The Labute approximate surface area is 257 Å². The van der Waals surface area contributed by atoms with Crippen molar-refractivity contribution < 1.29 is 0 Å². The second kappa shape index (κ2) is 11.1. The van der Waals surface area contributed by atoms with Crippen LogP contribution in [-0.4, -0.2) is 4.57 Å². The van der Waals surface area contributed by atoms with Crippen molar-refractivity contribution in [2.24, 2.45) is 0 Å². The molecule has 0 atom stereocenters. The fourth-order valence-electron chi connectivity index (χ4n) is 6.29. The van der Waals surface area contributed by atoms with Crippen LogP contribution in [0.5, 0.6) is 0 Å². The molecule has 208 valence electrons. The molecule has 0 bridgehead atoms. The van der Waals surface area contributed by atoms with Gasteiger partial charge in [-0.25, -0.2) is 0 Å². The number of fused-ring (bicyclic) bond motifs is 3. The maximum atomic E-state index is 2.36. The second-order valence-electron chi connectivity index (χ2n) is 11.1. The molecule has 8 rings (SSSR count). The molecule has 7 aromatic carbocycles. The highest BCUT2D eigenvalue weighted by molar-refractivity contribution is 6.10. The van der Waals surface area contributed by atoms with E-state index in [4.69, 9.17) is 0 Å². The van der Waals surface area contributed by atoms with Gasteiger partial charge >= 0.3 is 0 Å². The van der Waals surface area contributed by atoms with Gasteiger partial charge in [0.05, 0.1) is 11.0 Å². The van der Waals surface area contributed by atoms with Gasteiger partial charge in [0.15, 0.2) is 0 Å². The highest BCUT2D eigenvalue weighted by Gasteiger charge is 2.16. The van der Waals surface area contributed by atoms with E-state index in [0.29, 0.717) is 0 Å². The van der Waals surface area contributed by atoms with E-state index in [1.807, 2.05) is 0 Å². The monoisotopic (exact) mass is 562 g/mol. The third-order valence-corrected chi connectivity index (χ3v) is 8.37. The molecule has 0 spiro atoms. The van der Waals surface area contributed by atoms with Gasteiger partial charge in [-0.2, -0.15) is 0 Å². The molecule has 2 nitrogen and oxygen atoms in total. The summed E-state index contributed by atoms with van der Waals surface area (Å²) < 4.78 is 2.36. The summed E-state index contributed by atoms with van der Waals surface area (Å²) in [7, 11) is 0. The van der Waals surface area contributed by atoms with E-state index in [-0.39, 0.29) is 0 Å². The highest BCUT2D eigenvalue weighted by Crippen LogP contribution is 2.39. The predicted molar refractivity (Wildman–Crippen MR) is 186 cm³/mol. The Morgan fingerprint density at radius 1 is 0.318 bits per heavy atom. The molecule has 0 radical (unpaired) electrons. The minimum Gasteiger partial charge on any atom is -0.310 e. The molecule has 1 aromatic heterocycles. The van der Waals surface area contributed by atoms with E-state index in [2.05, 4.69) is 191 Å². The largest absolute Gasteiger partial charge is 0.310 e.